The van der Waals surface area contributed by atoms with Gasteiger partial charge in [0.25, 0.3) is 0 Å². The second-order valence-electron chi connectivity index (χ2n) is 11.9. The summed E-state index contributed by atoms with van der Waals surface area (Å²) in [4.78, 5) is 29.1. The third-order valence-corrected chi connectivity index (χ3v) is 8.62. The zero-order valence-corrected chi connectivity index (χ0v) is 23.5. The Hall–Kier alpha value is -2.14. The Morgan fingerprint density at radius 2 is 1.95 bits per heavy atom. The quantitative estimate of drug-likeness (QED) is 0.333. The number of hydrogen-bond acceptors (Lipinski definition) is 5. The molecule has 1 N–H and O–H groups in total. The second-order valence-corrected chi connectivity index (χ2v) is 12.9. The first kappa shape index (κ1) is 27.9. The lowest BCUT2D eigenvalue weighted by atomic mass is 9.83. The maximum absolute atomic E-state index is 14.0. The number of carboxylic acids is 1. The molecule has 0 bridgehead atoms. The first-order chi connectivity index (χ1) is 17.6. The molecular formula is C30H41NO5S. The van der Waals surface area contributed by atoms with Crippen LogP contribution in [-0.2, 0) is 14.3 Å². The molecule has 3 aliphatic rings. The number of hydrogen-bond donors (Lipinski definition) is 1. The zero-order valence-electron chi connectivity index (χ0n) is 22.7. The van der Waals surface area contributed by atoms with Crippen molar-refractivity contribution in [3.05, 3.63) is 27.5 Å². The molecule has 2 fully saturated rings. The van der Waals surface area contributed by atoms with Crippen LogP contribution in [0.1, 0.15) is 93.6 Å². The summed E-state index contributed by atoms with van der Waals surface area (Å²) in [7, 11) is 0. The van der Waals surface area contributed by atoms with Gasteiger partial charge in [0, 0.05) is 30.6 Å². The van der Waals surface area contributed by atoms with Crippen molar-refractivity contribution >= 4 is 28.9 Å². The number of allylic oxidation sites excluding steroid dienone is 2. The highest BCUT2D eigenvalue weighted by molar-refractivity contribution is 7.15. The highest BCUT2D eigenvalue weighted by Gasteiger charge is 2.37. The van der Waals surface area contributed by atoms with Gasteiger partial charge < -0.3 is 19.5 Å². The van der Waals surface area contributed by atoms with Gasteiger partial charge in [0.15, 0.2) is 0 Å². The second kappa shape index (κ2) is 12.1. The lowest BCUT2D eigenvalue weighted by Gasteiger charge is -2.39. The van der Waals surface area contributed by atoms with Crippen LogP contribution < -0.4 is 4.90 Å². The van der Waals surface area contributed by atoms with E-state index in [2.05, 4.69) is 24.8 Å². The number of nitrogens with zero attached hydrogens (tertiary/aromatic N) is 1. The number of anilines is 1. The molecular weight excluding hydrogens is 486 g/mol. The van der Waals surface area contributed by atoms with Crippen molar-refractivity contribution in [3.63, 3.8) is 0 Å². The first-order valence-corrected chi connectivity index (χ1v) is 14.5. The van der Waals surface area contributed by atoms with Crippen molar-refractivity contribution in [1.82, 2.24) is 0 Å². The summed E-state index contributed by atoms with van der Waals surface area (Å²) < 4.78 is 11.5. The van der Waals surface area contributed by atoms with Crippen molar-refractivity contribution in [2.24, 2.45) is 17.3 Å². The molecule has 1 aromatic rings. The molecule has 1 amide bonds. The molecule has 6 nitrogen and oxygen atoms in total. The molecule has 2 heterocycles. The molecule has 1 saturated heterocycles. The van der Waals surface area contributed by atoms with E-state index in [-0.39, 0.29) is 34.3 Å². The van der Waals surface area contributed by atoms with E-state index in [9.17, 15) is 14.7 Å². The minimum atomic E-state index is -0.998. The van der Waals surface area contributed by atoms with Gasteiger partial charge in [-0.3, -0.25) is 4.79 Å². The Morgan fingerprint density at radius 1 is 1.19 bits per heavy atom. The minimum absolute atomic E-state index is 0.0123. The van der Waals surface area contributed by atoms with Crippen molar-refractivity contribution < 1.29 is 24.2 Å². The molecule has 37 heavy (non-hydrogen) atoms. The first-order valence-electron chi connectivity index (χ1n) is 13.7. The molecule has 1 aromatic heterocycles. The van der Waals surface area contributed by atoms with Crippen molar-refractivity contribution in [1.29, 1.82) is 0 Å². The van der Waals surface area contributed by atoms with Crippen LogP contribution in [0.5, 0.6) is 0 Å². The maximum Gasteiger partial charge on any atom is 0.348 e. The largest absolute Gasteiger partial charge is 0.477 e. The van der Waals surface area contributed by atoms with E-state index in [1.807, 2.05) is 31.7 Å². The average molecular weight is 528 g/mol. The SMILES string of the molecule is CC1=CC[C@H](C(=O)N(c2cc(C#CC(C)(C)C)sc2C(=O)O)[C@H]2CC[C@H](CO[C@H]3CCOC3)CC2)CC1. The van der Waals surface area contributed by atoms with Crippen LogP contribution in [0, 0.1) is 29.1 Å². The zero-order chi connectivity index (χ0) is 26.6. The number of amides is 1. The predicted octanol–water partition coefficient (Wildman–Crippen LogP) is 6.29. The lowest BCUT2D eigenvalue weighted by molar-refractivity contribution is -0.123. The Balaban J connectivity index is 1.57. The van der Waals surface area contributed by atoms with Crippen LogP contribution in [0.15, 0.2) is 17.7 Å². The minimum Gasteiger partial charge on any atom is -0.477 e. The van der Waals surface area contributed by atoms with E-state index in [0.717, 1.165) is 64.6 Å². The Morgan fingerprint density at radius 3 is 2.54 bits per heavy atom. The van der Waals surface area contributed by atoms with Crippen molar-refractivity contribution in [3.8, 4) is 11.8 Å². The van der Waals surface area contributed by atoms with Gasteiger partial charge in [0.2, 0.25) is 5.91 Å². The topological polar surface area (TPSA) is 76.1 Å². The summed E-state index contributed by atoms with van der Waals surface area (Å²) in [5.74, 6) is 5.78. The lowest BCUT2D eigenvalue weighted by Crippen LogP contribution is -2.46. The third kappa shape index (κ3) is 7.46. The van der Waals surface area contributed by atoms with Crippen LogP contribution in [0.2, 0.25) is 0 Å². The van der Waals surface area contributed by atoms with E-state index in [1.54, 1.807) is 0 Å². The normalized spacial score (nSPS) is 26.2. The smallest absolute Gasteiger partial charge is 0.348 e. The van der Waals surface area contributed by atoms with E-state index in [4.69, 9.17) is 9.47 Å². The highest BCUT2D eigenvalue weighted by Crippen LogP contribution is 2.39. The average Bonchev–Trinajstić information content (AvgIpc) is 3.53. The maximum atomic E-state index is 14.0. The standard InChI is InChI=1S/C30H41NO5S/c1-20-5-9-22(10-6-20)28(32)31(23-11-7-21(8-12-23)18-36-24-14-16-35-19-24)26-17-25(13-15-30(2,3)4)37-27(26)29(33)34/h5,17,21-24H,6-12,14,16,18-19H2,1-4H3,(H,33,34)/t21-,22-,23-,24-/m0/s1. The summed E-state index contributed by atoms with van der Waals surface area (Å²) >= 11 is 1.18. The molecule has 1 saturated carbocycles. The fourth-order valence-corrected chi connectivity index (χ4v) is 6.23. The molecule has 0 spiro atoms. The molecule has 4 rings (SSSR count). The molecule has 2 atom stereocenters. The fraction of sp³-hybridized carbons (Fsp3) is 0.667. The summed E-state index contributed by atoms with van der Waals surface area (Å²) in [5.41, 5.74) is 1.65. The number of ether oxygens (including phenoxy) is 2. The van der Waals surface area contributed by atoms with Crippen LogP contribution in [-0.4, -0.2) is 48.9 Å². The van der Waals surface area contributed by atoms with Crippen LogP contribution in [0.3, 0.4) is 0 Å². The Labute approximate surface area is 225 Å². The third-order valence-electron chi connectivity index (χ3n) is 7.59. The molecule has 0 radical (unpaired) electrons. The van der Waals surface area contributed by atoms with Crippen molar-refractivity contribution in [2.45, 2.75) is 91.2 Å². The van der Waals surface area contributed by atoms with Crippen LogP contribution in [0.4, 0.5) is 5.69 Å². The Bertz CT molecular complexity index is 1060. The molecule has 7 heteroatoms. The van der Waals surface area contributed by atoms with Gasteiger partial charge in [0.05, 0.1) is 23.3 Å². The summed E-state index contributed by atoms with van der Waals surface area (Å²) in [5, 5.41) is 10.1. The summed E-state index contributed by atoms with van der Waals surface area (Å²) in [6, 6.07) is 1.82. The molecule has 202 valence electrons. The van der Waals surface area contributed by atoms with Crippen molar-refractivity contribution in [2.75, 3.05) is 24.7 Å². The monoisotopic (exact) mass is 527 g/mol. The van der Waals surface area contributed by atoms with E-state index < -0.39 is 5.97 Å². The summed E-state index contributed by atoms with van der Waals surface area (Å²) in [6.45, 7) is 10.4. The number of rotatable bonds is 7. The van der Waals surface area contributed by atoms with Gasteiger partial charge in [-0.05, 0) is 91.0 Å². The molecule has 1 aliphatic heterocycles. The van der Waals surface area contributed by atoms with Crippen LogP contribution >= 0.6 is 11.3 Å². The molecule has 0 unspecified atom stereocenters. The van der Waals surface area contributed by atoms with Crippen LogP contribution in [0.25, 0.3) is 0 Å². The summed E-state index contributed by atoms with van der Waals surface area (Å²) in [6.07, 6.45) is 9.41. The van der Waals surface area contributed by atoms with Gasteiger partial charge >= 0.3 is 5.97 Å². The number of carbonyl (C=O) groups excluding carboxylic acids is 1. The number of carbonyl (C=O) groups is 2. The number of carboxylic acid groups (broad SMARTS) is 1. The van der Waals surface area contributed by atoms with Gasteiger partial charge in [0.1, 0.15) is 4.88 Å². The van der Waals surface area contributed by atoms with E-state index in [1.165, 1.54) is 16.9 Å². The molecule has 0 aromatic carbocycles. The highest BCUT2D eigenvalue weighted by atomic mass is 32.1. The molecule has 2 aliphatic carbocycles. The van der Waals surface area contributed by atoms with Gasteiger partial charge in [-0.2, -0.15) is 0 Å². The fourth-order valence-electron chi connectivity index (χ4n) is 5.39. The van der Waals surface area contributed by atoms with Gasteiger partial charge in [-0.15, -0.1) is 11.3 Å². The number of thiophene rings is 1. The van der Waals surface area contributed by atoms with E-state index in [0.29, 0.717) is 23.1 Å². The number of aromatic carboxylic acids is 1. The predicted molar refractivity (Wildman–Crippen MR) is 147 cm³/mol. The Kier molecular flexibility index (Phi) is 9.15. The van der Waals surface area contributed by atoms with Gasteiger partial charge in [-0.1, -0.05) is 23.5 Å². The van der Waals surface area contributed by atoms with E-state index >= 15 is 0 Å². The van der Waals surface area contributed by atoms with Gasteiger partial charge in [-0.25, -0.2) is 4.79 Å².